The molecule has 3 rings (SSSR count). The second-order valence-electron chi connectivity index (χ2n) is 9.85. The van der Waals surface area contributed by atoms with E-state index in [0.717, 1.165) is 37.6 Å². The molecule has 2 aliphatic rings. The zero-order chi connectivity index (χ0) is 20.8. The predicted molar refractivity (Wildman–Crippen MR) is 117 cm³/mol. The maximum atomic E-state index is 12.0. The Kier molecular flexibility index (Phi) is 8.02. The summed E-state index contributed by atoms with van der Waals surface area (Å²) in [6, 6.07) is 0.422. The lowest BCUT2D eigenvalue weighted by molar-refractivity contribution is 0.137. The molecule has 0 radical (unpaired) electrons. The Labute approximate surface area is 177 Å². The summed E-state index contributed by atoms with van der Waals surface area (Å²) in [6.45, 7) is 10.3. The average Bonchev–Trinajstić information content (AvgIpc) is 3.14. The Balaban J connectivity index is 1.30. The summed E-state index contributed by atoms with van der Waals surface area (Å²) in [5.74, 6) is 2.79. The second-order valence-corrected chi connectivity index (χ2v) is 9.85. The number of unbranched alkanes of at least 4 members (excludes halogenated alkanes) is 3. The molecule has 1 heterocycles. The van der Waals surface area contributed by atoms with Gasteiger partial charge < -0.3 is 10.1 Å². The van der Waals surface area contributed by atoms with Crippen molar-refractivity contribution in [2.24, 2.45) is 23.7 Å². The molecular weight excluding hydrogens is 362 g/mol. The summed E-state index contributed by atoms with van der Waals surface area (Å²) < 4.78 is 7.75. The minimum Gasteiger partial charge on any atom is -0.449 e. The largest absolute Gasteiger partial charge is 0.449 e. The number of aromatic nitrogens is 2. The van der Waals surface area contributed by atoms with Crippen LogP contribution in [0.2, 0.25) is 0 Å². The van der Waals surface area contributed by atoms with E-state index in [-0.39, 0.29) is 6.09 Å². The maximum absolute atomic E-state index is 12.0. The lowest BCUT2D eigenvalue weighted by atomic mass is 9.99. The van der Waals surface area contributed by atoms with Gasteiger partial charge in [0.25, 0.3) is 0 Å². The van der Waals surface area contributed by atoms with Crippen LogP contribution >= 0.6 is 0 Å². The number of amides is 1. The Morgan fingerprint density at radius 2 is 1.86 bits per heavy atom. The zero-order valence-corrected chi connectivity index (χ0v) is 19.0. The zero-order valence-electron chi connectivity index (χ0n) is 19.0. The van der Waals surface area contributed by atoms with Crippen LogP contribution in [0, 0.1) is 23.7 Å². The van der Waals surface area contributed by atoms with E-state index in [1.807, 2.05) is 0 Å². The van der Waals surface area contributed by atoms with Crippen LogP contribution in [0.15, 0.2) is 6.20 Å². The summed E-state index contributed by atoms with van der Waals surface area (Å²) in [5.41, 5.74) is 2.85. The Hall–Kier alpha value is -1.52. The first kappa shape index (κ1) is 22.2. The SMILES string of the molecule is CC(C)CCCCCCNC(=O)OCC1C2CCc3cnn(C(C)C)c3CCC21. The van der Waals surface area contributed by atoms with Crippen molar-refractivity contribution in [2.75, 3.05) is 13.2 Å². The van der Waals surface area contributed by atoms with Gasteiger partial charge in [-0.2, -0.15) is 5.10 Å². The highest BCUT2D eigenvalue weighted by molar-refractivity contribution is 5.67. The molecule has 3 atom stereocenters. The first-order valence-corrected chi connectivity index (χ1v) is 11.9. The molecule has 0 spiro atoms. The van der Waals surface area contributed by atoms with Crippen LogP contribution in [0.3, 0.4) is 0 Å². The van der Waals surface area contributed by atoms with Gasteiger partial charge in [0.15, 0.2) is 0 Å². The third kappa shape index (κ3) is 6.23. The Morgan fingerprint density at radius 1 is 1.14 bits per heavy atom. The van der Waals surface area contributed by atoms with E-state index in [9.17, 15) is 4.79 Å². The van der Waals surface area contributed by atoms with Crippen molar-refractivity contribution >= 4 is 6.09 Å². The fourth-order valence-electron chi connectivity index (χ4n) is 5.05. The van der Waals surface area contributed by atoms with E-state index in [1.165, 1.54) is 49.8 Å². The van der Waals surface area contributed by atoms with Gasteiger partial charge >= 0.3 is 6.09 Å². The number of carbonyl (C=O) groups is 1. The second kappa shape index (κ2) is 10.5. The minimum absolute atomic E-state index is 0.231. The highest BCUT2D eigenvalue weighted by Gasteiger charge is 2.50. The topological polar surface area (TPSA) is 56.1 Å². The Bertz CT molecular complexity index is 653. The molecule has 0 aromatic carbocycles. The number of aryl methyl sites for hydroxylation is 1. The molecule has 1 N–H and O–H groups in total. The number of hydrogen-bond acceptors (Lipinski definition) is 3. The smallest absolute Gasteiger partial charge is 0.407 e. The molecule has 5 heteroatoms. The first-order valence-electron chi connectivity index (χ1n) is 11.9. The molecule has 1 aromatic rings. The summed E-state index contributed by atoms with van der Waals surface area (Å²) in [6.07, 6.45) is 12.6. The quantitative estimate of drug-likeness (QED) is 0.522. The standard InChI is InChI=1S/C24H41N3O2/c1-17(2)9-7-5-6-8-14-25-24(28)29-16-22-20-11-10-19-15-26-27(18(3)4)23(19)13-12-21(20)22/h15,17-18,20-22H,5-14,16H2,1-4H3,(H,25,28). The van der Waals surface area contributed by atoms with Crippen LogP contribution in [0.1, 0.15) is 89.9 Å². The number of hydrogen-bond donors (Lipinski definition) is 1. The number of alkyl carbamates (subject to hydrolysis) is 1. The van der Waals surface area contributed by atoms with Crippen molar-refractivity contribution in [3.8, 4) is 0 Å². The van der Waals surface area contributed by atoms with Crippen molar-refractivity contribution in [1.29, 1.82) is 0 Å². The molecule has 0 aliphatic heterocycles. The molecule has 2 aliphatic carbocycles. The third-order valence-electron chi connectivity index (χ3n) is 6.83. The molecule has 1 saturated carbocycles. The predicted octanol–water partition coefficient (Wildman–Crippen LogP) is 5.54. The van der Waals surface area contributed by atoms with Crippen molar-refractivity contribution in [2.45, 2.75) is 91.5 Å². The number of rotatable bonds is 10. The van der Waals surface area contributed by atoms with Crippen LogP contribution in [-0.2, 0) is 17.6 Å². The molecule has 0 bridgehead atoms. The minimum atomic E-state index is -0.231. The normalized spacial score (nSPS) is 23.3. The van der Waals surface area contributed by atoms with Gasteiger partial charge in [-0.05, 0) is 75.2 Å². The van der Waals surface area contributed by atoms with Crippen LogP contribution in [-0.4, -0.2) is 29.0 Å². The summed E-state index contributed by atoms with van der Waals surface area (Å²) in [4.78, 5) is 12.0. The molecule has 164 valence electrons. The van der Waals surface area contributed by atoms with E-state index in [0.29, 0.717) is 24.5 Å². The fraction of sp³-hybridized carbons (Fsp3) is 0.833. The highest BCUT2D eigenvalue weighted by Crippen LogP contribution is 2.53. The van der Waals surface area contributed by atoms with Crippen molar-refractivity contribution < 1.29 is 9.53 Å². The monoisotopic (exact) mass is 403 g/mol. The molecule has 29 heavy (non-hydrogen) atoms. The third-order valence-corrected chi connectivity index (χ3v) is 6.83. The number of carbonyl (C=O) groups excluding carboxylic acids is 1. The van der Waals surface area contributed by atoms with Gasteiger partial charge in [0.1, 0.15) is 0 Å². The van der Waals surface area contributed by atoms with Gasteiger partial charge in [0.2, 0.25) is 0 Å². The van der Waals surface area contributed by atoms with Gasteiger partial charge in [0.05, 0.1) is 12.8 Å². The van der Waals surface area contributed by atoms with Crippen LogP contribution < -0.4 is 5.32 Å². The average molecular weight is 404 g/mol. The van der Waals surface area contributed by atoms with E-state index < -0.39 is 0 Å². The summed E-state index contributed by atoms with van der Waals surface area (Å²) in [5, 5.41) is 7.53. The lowest BCUT2D eigenvalue weighted by Crippen LogP contribution is -2.26. The molecule has 0 saturated heterocycles. The van der Waals surface area contributed by atoms with E-state index >= 15 is 0 Å². The van der Waals surface area contributed by atoms with Gasteiger partial charge in [-0.3, -0.25) is 4.68 Å². The number of fused-ring (bicyclic) bond motifs is 2. The van der Waals surface area contributed by atoms with Crippen molar-refractivity contribution in [1.82, 2.24) is 15.1 Å². The van der Waals surface area contributed by atoms with Crippen molar-refractivity contribution in [3.05, 3.63) is 17.5 Å². The molecule has 1 fully saturated rings. The molecule has 1 aromatic heterocycles. The van der Waals surface area contributed by atoms with E-state index in [4.69, 9.17) is 4.74 Å². The van der Waals surface area contributed by atoms with Crippen LogP contribution in [0.4, 0.5) is 4.79 Å². The maximum Gasteiger partial charge on any atom is 0.407 e. The highest BCUT2D eigenvalue weighted by atomic mass is 16.5. The molecule has 5 nitrogen and oxygen atoms in total. The lowest BCUT2D eigenvalue weighted by Gasteiger charge is -2.14. The summed E-state index contributed by atoms with van der Waals surface area (Å²) in [7, 11) is 0. The number of nitrogens with zero attached hydrogens (tertiary/aromatic N) is 2. The Morgan fingerprint density at radius 3 is 2.59 bits per heavy atom. The number of ether oxygens (including phenoxy) is 1. The fourth-order valence-corrected chi connectivity index (χ4v) is 5.05. The molecular formula is C24H41N3O2. The van der Waals surface area contributed by atoms with Gasteiger partial charge in [-0.25, -0.2) is 4.79 Å². The van der Waals surface area contributed by atoms with E-state index in [1.54, 1.807) is 0 Å². The van der Waals surface area contributed by atoms with Crippen molar-refractivity contribution in [3.63, 3.8) is 0 Å². The number of nitrogens with one attached hydrogen (secondary N) is 1. The van der Waals surface area contributed by atoms with Crippen LogP contribution in [0.25, 0.3) is 0 Å². The van der Waals surface area contributed by atoms with Gasteiger partial charge in [-0.15, -0.1) is 0 Å². The van der Waals surface area contributed by atoms with Crippen LogP contribution in [0.5, 0.6) is 0 Å². The summed E-state index contributed by atoms with van der Waals surface area (Å²) >= 11 is 0. The van der Waals surface area contributed by atoms with Gasteiger partial charge in [0, 0.05) is 18.3 Å². The molecule has 1 amide bonds. The van der Waals surface area contributed by atoms with Gasteiger partial charge in [-0.1, -0.05) is 39.5 Å². The molecule has 3 unspecified atom stereocenters. The van der Waals surface area contributed by atoms with E-state index in [2.05, 4.69) is 49.0 Å². The first-order chi connectivity index (χ1) is 14.0.